The van der Waals surface area contributed by atoms with Crippen LogP contribution in [0.15, 0.2) is 41.6 Å². The predicted molar refractivity (Wildman–Crippen MR) is 77.4 cm³/mol. The summed E-state index contributed by atoms with van der Waals surface area (Å²) in [4.78, 5) is 1.33. The molecule has 1 aliphatic heterocycles. The first-order chi connectivity index (χ1) is 9.24. The van der Waals surface area contributed by atoms with Crippen molar-refractivity contribution in [2.75, 3.05) is 5.75 Å². The summed E-state index contributed by atoms with van der Waals surface area (Å²) in [5.41, 5.74) is 2.51. The van der Waals surface area contributed by atoms with Gasteiger partial charge in [0.1, 0.15) is 0 Å². The van der Waals surface area contributed by atoms with Crippen molar-refractivity contribution >= 4 is 11.8 Å². The van der Waals surface area contributed by atoms with Crippen molar-refractivity contribution in [2.24, 2.45) is 7.05 Å². The zero-order valence-corrected chi connectivity index (χ0v) is 11.8. The Morgan fingerprint density at radius 1 is 1.47 bits per heavy atom. The van der Waals surface area contributed by atoms with E-state index in [4.69, 9.17) is 0 Å². The number of aliphatic hydroxyl groups is 1. The van der Waals surface area contributed by atoms with Gasteiger partial charge in [-0.25, -0.2) is 0 Å². The summed E-state index contributed by atoms with van der Waals surface area (Å²) in [5, 5.41) is 14.6. The van der Waals surface area contributed by atoms with Crippen molar-refractivity contribution in [3.63, 3.8) is 0 Å². The second kappa shape index (κ2) is 5.39. The zero-order valence-electron chi connectivity index (χ0n) is 11.0. The molecule has 2 unspecified atom stereocenters. The Balaban J connectivity index is 1.64. The van der Waals surface area contributed by atoms with E-state index in [1.54, 1.807) is 0 Å². The van der Waals surface area contributed by atoms with Gasteiger partial charge >= 0.3 is 0 Å². The summed E-state index contributed by atoms with van der Waals surface area (Å²) in [7, 11) is 1.92. The summed E-state index contributed by atoms with van der Waals surface area (Å²) in [6.07, 6.45) is 5.31. The fourth-order valence-corrected chi connectivity index (χ4v) is 3.94. The molecule has 0 saturated carbocycles. The average Bonchev–Trinajstić information content (AvgIpc) is 3.02. The van der Waals surface area contributed by atoms with Gasteiger partial charge in [0, 0.05) is 29.8 Å². The quantitative estimate of drug-likeness (QED) is 0.931. The van der Waals surface area contributed by atoms with Gasteiger partial charge in [-0.3, -0.25) is 4.68 Å². The van der Waals surface area contributed by atoms with Crippen LogP contribution >= 0.6 is 11.8 Å². The van der Waals surface area contributed by atoms with Gasteiger partial charge in [-0.1, -0.05) is 18.2 Å². The number of aromatic nitrogens is 2. The number of hydrogen-bond acceptors (Lipinski definition) is 3. The molecule has 2 heterocycles. The summed E-state index contributed by atoms with van der Waals surface area (Å²) < 4.78 is 1.81. The Kier molecular flexibility index (Phi) is 3.62. The van der Waals surface area contributed by atoms with Gasteiger partial charge in [-0.2, -0.15) is 5.10 Å². The second-order valence-corrected chi connectivity index (χ2v) is 6.15. The van der Waals surface area contributed by atoms with E-state index in [2.05, 4.69) is 29.4 Å². The molecule has 3 rings (SSSR count). The number of thioether (sulfide) groups is 1. The first-order valence-corrected chi connectivity index (χ1v) is 7.60. The van der Waals surface area contributed by atoms with Crippen molar-refractivity contribution in [2.45, 2.75) is 29.8 Å². The summed E-state index contributed by atoms with van der Waals surface area (Å²) in [6.45, 7) is 0. The number of nitrogens with zero attached hydrogens (tertiary/aromatic N) is 2. The molecule has 100 valence electrons. The van der Waals surface area contributed by atoms with Crippen LogP contribution in [0, 0.1) is 0 Å². The van der Waals surface area contributed by atoms with Crippen molar-refractivity contribution in [3.8, 4) is 0 Å². The van der Waals surface area contributed by atoms with Gasteiger partial charge in [0.05, 0.1) is 12.3 Å². The van der Waals surface area contributed by atoms with E-state index in [1.807, 2.05) is 35.9 Å². The second-order valence-electron chi connectivity index (χ2n) is 5.08. The lowest BCUT2D eigenvalue weighted by Crippen LogP contribution is -2.19. The first-order valence-electron chi connectivity index (χ1n) is 6.61. The van der Waals surface area contributed by atoms with E-state index in [-0.39, 0.29) is 12.0 Å². The predicted octanol–water partition coefficient (Wildman–Crippen LogP) is 2.60. The fraction of sp³-hybridized carbons (Fsp3) is 0.400. The molecule has 1 N–H and O–H groups in total. The van der Waals surface area contributed by atoms with Crippen LogP contribution in [0.5, 0.6) is 0 Å². The lowest BCUT2D eigenvalue weighted by atomic mass is 9.92. The number of rotatable bonds is 4. The Bertz CT molecular complexity index is 567. The van der Waals surface area contributed by atoms with Crippen LogP contribution in [0.2, 0.25) is 0 Å². The number of aliphatic hydroxyl groups excluding tert-OH is 1. The smallest absolute Gasteiger partial charge is 0.0620 e. The minimum Gasteiger partial charge on any atom is -0.392 e. The number of benzene rings is 1. The maximum atomic E-state index is 10.4. The average molecular weight is 274 g/mol. The van der Waals surface area contributed by atoms with E-state index in [9.17, 15) is 5.11 Å². The van der Waals surface area contributed by atoms with Crippen molar-refractivity contribution < 1.29 is 5.11 Å². The molecular formula is C15H18N2OS. The molecule has 0 radical (unpaired) electrons. The number of aryl methyl sites for hydroxylation is 2. The van der Waals surface area contributed by atoms with E-state index in [0.29, 0.717) is 0 Å². The molecule has 0 spiro atoms. The van der Waals surface area contributed by atoms with Crippen LogP contribution in [-0.2, 0) is 13.5 Å². The standard InChI is InChI=1S/C15H18N2OS/c1-17-9-11(8-16-17)6-7-14(18)13-10-19-15-5-3-2-4-12(13)15/h2-5,8-9,13-14,18H,6-7,10H2,1H3. The van der Waals surface area contributed by atoms with Crippen molar-refractivity contribution in [3.05, 3.63) is 47.8 Å². The fourth-order valence-electron chi connectivity index (χ4n) is 2.62. The van der Waals surface area contributed by atoms with Crippen LogP contribution in [-0.4, -0.2) is 26.7 Å². The Labute approximate surface area is 117 Å². The Hall–Kier alpha value is -1.26. The minimum atomic E-state index is -0.267. The molecule has 2 aromatic rings. The lowest BCUT2D eigenvalue weighted by molar-refractivity contribution is 0.142. The molecule has 1 aliphatic rings. The molecule has 1 aromatic carbocycles. The molecule has 19 heavy (non-hydrogen) atoms. The van der Waals surface area contributed by atoms with E-state index in [1.165, 1.54) is 16.0 Å². The third-order valence-corrected chi connectivity index (χ3v) is 4.90. The highest BCUT2D eigenvalue weighted by Gasteiger charge is 2.28. The van der Waals surface area contributed by atoms with Gasteiger partial charge in [-0.05, 0) is 30.0 Å². The molecule has 0 fully saturated rings. The van der Waals surface area contributed by atoms with E-state index >= 15 is 0 Å². The summed E-state index contributed by atoms with van der Waals surface area (Å²) >= 11 is 1.85. The molecule has 0 bridgehead atoms. The van der Waals surface area contributed by atoms with Gasteiger partial charge in [-0.15, -0.1) is 11.8 Å². The van der Waals surface area contributed by atoms with Crippen LogP contribution in [0.25, 0.3) is 0 Å². The minimum absolute atomic E-state index is 0.267. The van der Waals surface area contributed by atoms with Gasteiger partial charge in [0.2, 0.25) is 0 Å². The SMILES string of the molecule is Cn1cc(CCC(O)C2CSc3ccccc32)cn1. The number of fused-ring (bicyclic) bond motifs is 1. The molecule has 0 saturated heterocycles. The highest BCUT2D eigenvalue weighted by molar-refractivity contribution is 7.99. The van der Waals surface area contributed by atoms with Gasteiger partial charge in [0.25, 0.3) is 0 Å². The number of hydrogen-bond donors (Lipinski definition) is 1. The van der Waals surface area contributed by atoms with E-state index < -0.39 is 0 Å². The lowest BCUT2D eigenvalue weighted by Gasteiger charge is -2.18. The molecule has 1 aromatic heterocycles. The van der Waals surface area contributed by atoms with Gasteiger partial charge in [0.15, 0.2) is 0 Å². The third kappa shape index (κ3) is 2.69. The van der Waals surface area contributed by atoms with Crippen molar-refractivity contribution in [1.29, 1.82) is 0 Å². The first kappa shape index (κ1) is 12.8. The Morgan fingerprint density at radius 2 is 2.32 bits per heavy atom. The highest BCUT2D eigenvalue weighted by Crippen LogP contribution is 2.41. The molecule has 0 aliphatic carbocycles. The van der Waals surface area contributed by atoms with Crippen LogP contribution < -0.4 is 0 Å². The van der Waals surface area contributed by atoms with Gasteiger partial charge < -0.3 is 5.11 Å². The topological polar surface area (TPSA) is 38.0 Å². The molecule has 4 heteroatoms. The maximum Gasteiger partial charge on any atom is 0.0620 e. The van der Waals surface area contributed by atoms with Crippen LogP contribution in [0.1, 0.15) is 23.5 Å². The Morgan fingerprint density at radius 3 is 3.11 bits per heavy atom. The summed E-state index contributed by atoms with van der Waals surface area (Å²) in [6, 6.07) is 8.42. The third-order valence-electron chi connectivity index (χ3n) is 3.69. The molecule has 3 nitrogen and oxygen atoms in total. The van der Waals surface area contributed by atoms with Crippen LogP contribution in [0.3, 0.4) is 0 Å². The monoisotopic (exact) mass is 274 g/mol. The van der Waals surface area contributed by atoms with E-state index in [0.717, 1.165) is 18.6 Å². The molecular weight excluding hydrogens is 256 g/mol. The normalized spacial score (nSPS) is 19.4. The highest BCUT2D eigenvalue weighted by atomic mass is 32.2. The molecule has 0 amide bonds. The zero-order chi connectivity index (χ0) is 13.2. The molecule has 2 atom stereocenters. The maximum absolute atomic E-state index is 10.4. The summed E-state index contributed by atoms with van der Waals surface area (Å²) in [5.74, 6) is 1.27. The van der Waals surface area contributed by atoms with Crippen LogP contribution in [0.4, 0.5) is 0 Å². The largest absolute Gasteiger partial charge is 0.392 e. The van der Waals surface area contributed by atoms with Crippen molar-refractivity contribution in [1.82, 2.24) is 9.78 Å².